The van der Waals surface area contributed by atoms with Gasteiger partial charge in [-0.05, 0) is 32.4 Å². The summed E-state index contributed by atoms with van der Waals surface area (Å²) in [7, 11) is 0. The first-order valence-corrected chi connectivity index (χ1v) is 10.9. The fraction of sp³-hybridized carbons (Fsp3) is 0.429. The molecule has 1 fully saturated rings. The quantitative estimate of drug-likeness (QED) is 0.595. The summed E-state index contributed by atoms with van der Waals surface area (Å²) in [5.41, 5.74) is -0.00499. The lowest BCUT2D eigenvalue weighted by Gasteiger charge is -2.24. The molecule has 1 aromatic carbocycles. The molecule has 2 aromatic heterocycles. The van der Waals surface area contributed by atoms with Crippen LogP contribution >= 0.6 is 11.3 Å². The van der Waals surface area contributed by atoms with Crippen molar-refractivity contribution in [2.75, 3.05) is 13.1 Å². The number of aryl methyl sites for hydroxylation is 1. The molecule has 0 amide bonds. The van der Waals surface area contributed by atoms with Crippen LogP contribution in [0.25, 0.3) is 0 Å². The van der Waals surface area contributed by atoms with Crippen LogP contribution in [0.3, 0.4) is 0 Å². The van der Waals surface area contributed by atoms with E-state index in [0.29, 0.717) is 31.0 Å². The van der Waals surface area contributed by atoms with Crippen LogP contribution in [0.5, 0.6) is 0 Å². The van der Waals surface area contributed by atoms with Crippen molar-refractivity contribution < 1.29 is 4.39 Å². The summed E-state index contributed by atoms with van der Waals surface area (Å²) in [6, 6.07) is 6.82. The summed E-state index contributed by atoms with van der Waals surface area (Å²) in [6.07, 6.45) is 1.60. The van der Waals surface area contributed by atoms with Gasteiger partial charge in [0.05, 0.1) is 17.2 Å². The van der Waals surface area contributed by atoms with Gasteiger partial charge in [-0.15, -0.1) is 11.3 Å². The molecule has 0 saturated carbocycles. The molecule has 2 aliphatic rings. The molecule has 0 radical (unpaired) electrons. The largest absolute Gasteiger partial charge is 0.332 e. The number of benzene rings is 1. The molecule has 2 aliphatic heterocycles. The van der Waals surface area contributed by atoms with Crippen LogP contribution in [-0.4, -0.2) is 37.3 Å². The van der Waals surface area contributed by atoms with E-state index in [1.807, 2.05) is 18.4 Å². The van der Waals surface area contributed by atoms with Crippen LogP contribution in [0, 0.1) is 12.7 Å². The number of hydrogen-bond acceptors (Lipinski definition) is 6. The molecule has 5 rings (SSSR count). The molecule has 1 saturated heterocycles. The number of nitrogens with zero attached hydrogens (tertiary/aromatic N) is 5. The highest BCUT2D eigenvalue weighted by Gasteiger charge is 2.47. The zero-order valence-electron chi connectivity index (χ0n) is 16.7. The van der Waals surface area contributed by atoms with E-state index in [1.54, 1.807) is 12.1 Å². The van der Waals surface area contributed by atoms with E-state index in [1.165, 1.54) is 26.7 Å². The third-order valence-corrected chi connectivity index (χ3v) is 7.01. The number of thiazole rings is 1. The molecule has 30 heavy (non-hydrogen) atoms. The molecule has 7 nitrogen and oxygen atoms in total. The SMILES string of the molecule is Cc1nc(Cn2nc3n(c(=O)c2=O)CCC32CCN(Cc3ccccc3F)C2)cs1. The number of rotatable bonds is 4. The molecule has 3 aromatic rings. The van der Waals surface area contributed by atoms with Crippen molar-refractivity contribution >= 4 is 11.3 Å². The van der Waals surface area contributed by atoms with Crippen LogP contribution in [-0.2, 0) is 25.0 Å². The standard InChI is InChI=1S/C21H22FN5O2S/c1-14-23-16(12-30-14)11-27-19(29)18(28)26-9-7-21(20(26)24-27)6-8-25(13-21)10-15-4-2-3-5-17(15)22/h2-5,12H,6-11,13H2,1H3. The molecular weight excluding hydrogens is 405 g/mol. The lowest BCUT2D eigenvalue weighted by molar-refractivity contribution is 0.294. The van der Waals surface area contributed by atoms with Crippen molar-refractivity contribution in [3.05, 3.63) is 78.3 Å². The summed E-state index contributed by atoms with van der Waals surface area (Å²) < 4.78 is 16.9. The topological polar surface area (TPSA) is 73.0 Å². The summed E-state index contributed by atoms with van der Waals surface area (Å²) >= 11 is 1.51. The maximum Gasteiger partial charge on any atom is 0.332 e. The van der Waals surface area contributed by atoms with Gasteiger partial charge in [0.1, 0.15) is 11.6 Å². The predicted octanol–water partition coefficient (Wildman–Crippen LogP) is 1.90. The minimum atomic E-state index is -0.609. The average Bonchev–Trinajstić information content (AvgIpc) is 3.42. The molecule has 9 heteroatoms. The van der Waals surface area contributed by atoms with E-state index in [9.17, 15) is 14.0 Å². The Morgan fingerprint density at radius 1 is 1.13 bits per heavy atom. The molecule has 1 unspecified atom stereocenters. The van der Waals surface area contributed by atoms with Gasteiger partial charge in [0, 0.05) is 36.0 Å². The maximum atomic E-state index is 14.1. The van der Waals surface area contributed by atoms with E-state index in [2.05, 4.69) is 15.0 Å². The van der Waals surface area contributed by atoms with E-state index < -0.39 is 11.1 Å². The highest BCUT2D eigenvalue weighted by Crippen LogP contribution is 2.40. The van der Waals surface area contributed by atoms with E-state index in [4.69, 9.17) is 0 Å². The number of fused-ring (bicyclic) bond motifs is 2. The minimum Gasteiger partial charge on any atom is -0.298 e. The lowest BCUT2D eigenvalue weighted by Crippen LogP contribution is -2.45. The zero-order valence-corrected chi connectivity index (χ0v) is 17.5. The Morgan fingerprint density at radius 2 is 1.93 bits per heavy atom. The molecule has 1 atom stereocenters. The first-order valence-electron chi connectivity index (χ1n) is 10.0. The first kappa shape index (κ1) is 19.3. The second-order valence-electron chi connectivity index (χ2n) is 8.18. The molecule has 4 heterocycles. The minimum absolute atomic E-state index is 0.196. The van der Waals surface area contributed by atoms with Gasteiger partial charge in [0.25, 0.3) is 0 Å². The second-order valence-corrected chi connectivity index (χ2v) is 9.25. The number of aromatic nitrogens is 4. The van der Waals surface area contributed by atoms with Gasteiger partial charge in [-0.2, -0.15) is 5.10 Å². The fourth-order valence-corrected chi connectivity index (χ4v) is 5.27. The average molecular weight is 428 g/mol. The summed E-state index contributed by atoms with van der Waals surface area (Å²) in [6.45, 7) is 4.62. The Morgan fingerprint density at radius 3 is 2.70 bits per heavy atom. The molecular formula is C21H22FN5O2S. The van der Waals surface area contributed by atoms with Crippen LogP contribution in [0.15, 0.2) is 39.2 Å². The van der Waals surface area contributed by atoms with E-state index >= 15 is 0 Å². The number of hydrogen-bond donors (Lipinski definition) is 0. The third-order valence-electron chi connectivity index (χ3n) is 6.18. The molecule has 0 bridgehead atoms. The van der Waals surface area contributed by atoms with Crippen LogP contribution in [0.4, 0.5) is 4.39 Å². The predicted molar refractivity (Wildman–Crippen MR) is 111 cm³/mol. The van der Waals surface area contributed by atoms with Crippen LogP contribution in [0.1, 0.15) is 34.9 Å². The molecule has 0 N–H and O–H groups in total. The van der Waals surface area contributed by atoms with Crippen LogP contribution < -0.4 is 11.1 Å². The highest BCUT2D eigenvalue weighted by molar-refractivity contribution is 7.09. The van der Waals surface area contributed by atoms with Crippen molar-refractivity contribution in [1.29, 1.82) is 0 Å². The second kappa shape index (κ2) is 7.24. The number of halogens is 1. The zero-order chi connectivity index (χ0) is 20.9. The molecule has 1 spiro atoms. The first-order chi connectivity index (χ1) is 14.4. The maximum absolute atomic E-state index is 14.1. The van der Waals surface area contributed by atoms with Crippen molar-refractivity contribution in [2.45, 2.75) is 44.8 Å². The Bertz CT molecular complexity index is 1230. The normalized spacial score (nSPS) is 20.9. The molecule has 156 valence electrons. The van der Waals surface area contributed by atoms with Gasteiger partial charge in [-0.3, -0.25) is 19.1 Å². The van der Waals surface area contributed by atoms with Gasteiger partial charge in [-0.25, -0.2) is 14.1 Å². The van der Waals surface area contributed by atoms with Crippen molar-refractivity contribution in [1.82, 2.24) is 24.2 Å². The van der Waals surface area contributed by atoms with Crippen LogP contribution in [0.2, 0.25) is 0 Å². The highest BCUT2D eigenvalue weighted by atomic mass is 32.1. The van der Waals surface area contributed by atoms with E-state index in [-0.39, 0.29) is 17.8 Å². The van der Waals surface area contributed by atoms with Crippen molar-refractivity contribution in [3.8, 4) is 0 Å². The van der Waals surface area contributed by atoms with Crippen molar-refractivity contribution in [3.63, 3.8) is 0 Å². The Labute approximate surface area is 176 Å². The number of likely N-dealkylation sites (tertiary alicyclic amines) is 1. The lowest BCUT2D eigenvalue weighted by atomic mass is 9.85. The summed E-state index contributed by atoms with van der Waals surface area (Å²) in [5.74, 6) is 0.474. The third kappa shape index (κ3) is 3.22. The van der Waals surface area contributed by atoms with Gasteiger partial charge >= 0.3 is 11.1 Å². The summed E-state index contributed by atoms with van der Waals surface area (Å²) in [5, 5.41) is 7.44. The Hall–Kier alpha value is -2.65. The monoisotopic (exact) mass is 427 g/mol. The van der Waals surface area contributed by atoms with Crippen molar-refractivity contribution in [2.24, 2.45) is 0 Å². The Kier molecular flexibility index (Phi) is 4.67. The smallest absolute Gasteiger partial charge is 0.298 e. The molecule has 0 aliphatic carbocycles. The Balaban J connectivity index is 1.45. The van der Waals surface area contributed by atoms with E-state index in [0.717, 1.165) is 30.1 Å². The van der Waals surface area contributed by atoms with Gasteiger partial charge in [-0.1, -0.05) is 18.2 Å². The van der Waals surface area contributed by atoms with Gasteiger partial charge in [0.2, 0.25) is 0 Å². The summed E-state index contributed by atoms with van der Waals surface area (Å²) in [4.78, 5) is 31.9. The fourth-order valence-electron chi connectivity index (χ4n) is 4.66. The van der Waals surface area contributed by atoms with Gasteiger partial charge < -0.3 is 0 Å². The van der Waals surface area contributed by atoms with Gasteiger partial charge in [0.15, 0.2) is 0 Å².